The van der Waals surface area contributed by atoms with Crippen LogP contribution in [0.15, 0.2) is 188 Å². The fourth-order valence-corrected chi connectivity index (χ4v) is 12.4. The lowest BCUT2D eigenvalue weighted by atomic mass is 9.33. The van der Waals surface area contributed by atoms with Crippen LogP contribution < -0.4 is 26.2 Å². The molecule has 11 aromatic rings. The van der Waals surface area contributed by atoms with Crippen molar-refractivity contribution >= 4 is 131 Å². The van der Waals surface area contributed by atoms with Crippen LogP contribution in [0.1, 0.15) is 0 Å². The van der Waals surface area contributed by atoms with Gasteiger partial charge < -0.3 is 9.80 Å². The summed E-state index contributed by atoms with van der Waals surface area (Å²) in [5, 5.41) is 13.1. The van der Waals surface area contributed by atoms with Crippen LogP contribution in [-0.4, -0.2) is 6.71 Å². The molecule has 0 radical (unpaired) electrons. The summed E-state index contributed by atoms with van der Waals surface area (Å²) in [4.78, 5) is 5.06. The first kappa shape index (κ1) is 31.5. The van der Waals surface area contributed by atoms with E-state index in [0.717, 1.165) is 0 Å². The van der Waals surface area contributed by atoms with Crippen LogP contribution in [0.2, 0.25) is 0 Å². The number of para-hydroxylation sites is 1. The Hall–Kier alpha value is -6.66. The van der Waals surface area contributed by atoms with E-state index in [2.05, 4.69) is 198 Å². The molecule has 2 nitrogen and oxygen atoms in total. The number of benzene rings is 9. The molecule has 0 fully saturated rings. The molecule has 2 aliphatic rings. The van der Waals surface area contributed by atoms with Crippen LogP contribution >= 0.6 is 22.7 Å². The minimum absolute atomic E-state index is 0.104. The first-order chi connectivity index (χ1) is 28.3. The van der Waals surface area contributed by atoms with Gasteiger partial charge in [-0.15, -0.1) is 22.7 Å². The lowest BCUT2D eigenvalue weighted by Gasteiger charge is -2.42. The van der Waals surface area contributed by atoms with Gasteiger partial charge in [-0.05, 0) is 125 Å². The minimum atomic E-state index is 0.104. The molecule has 2 aromatic heterocycles. The van der Waals surface area contributed by atoms with Crippen LogP contribution in [0.5, 0.6) is 0 Å². The monoisotopic (exact) mass is 758 g/mol. The number of hydrogen-bond donors (Lipinski definition) is 0. The zero-order valence-electron chi connectivity index (χ0n) is 30.7. The van der Waals surface area contributed by atoms with Crippen LogP contribution in [0, 0.1) is 0 Å². The number of hydrogen-bond acceptors (Lipinski definition) is 4. The highest BCUT2D eigenvalue weighted by Crippen LogP contribution is 2.50. The molecule has 4 heterocycles. The van der Waals surface area contributed by atoms with Crippen molar-refractivity contribution in [1.82, 2.24) is 0 Å². The number of thiophene rings is 2. The number of rotatable bonds is 3. The standard InChI is InChI=1S/C52H31BN2S2/c1-2-13-34(14-3-1)54-44-21-12-22-45-50(44)53(48-41-19-8-10-23-46(41)56-51(48)54)49-42-20-9-11-24-47(42)57-52(49)55(45)35-28-25-32(26-29-35)33-27-30-40-38-17-5-4-15-36(38)37-16-6-7-18-39(37)43(40)31-33/h1-31H. The molecular formula is C52H31BN2S2. The van der Waals surface area contributed by atoms with Crippen molar-refractivity contribution in [2.75, 3.05) is 9.80 Å². The minimum Gasteiger partial charge on any atom is -0.303 e. The Bertz CT molecular complexity index is 3400. The maximum Gasteiger partial charge on any atom is 0.256 e. The van der Waals surface area contributed by atoms with Crippen LogP contribution in [0.25, 0.3) is 63.6 Å². The topological polar surface area (TPSA) is 6.48 Å². The Morgan fingerprint density at radius 2 is 0.754 bits per heavy atom. The third kappa shape index (κ3) is 4.41. The van der Waals surface area contributed by atoms with Gasteiger partial charge in [0.1, 0.15) is 0 Å². The van der Waals surface area contributed by atoms with Crippen LogP contribution in [0.4, 0.5) is 32.8 Å². The molecule has 0 bridgehead atoms. The second kappa shape index (κ2) is 11.9. The highest BCUT2D eigenvalue weighted by atomic mass is 32.1. The Morgan fingerprint density at radius 1 is 0.316 bits per heavy atom. The van der Waals surface area contributed by atoms with Gasteiger partial charge in [0.15, 0.2) is 0 Å². The van der Waals surface area contributed by atoms with Gasteiger partial charge in [0.2, 0.25) is 0 Å². The maximum absolute atomic E-state index is 2.54. The Balaban J connectivity index is 1.02. The van der Waals surface area contributed by atoms with E-state index in [-0.39, 0.29) is 6.71 Å². The van der Waals surface area contributed by atoms with E-state index in [1.165, 1.54) is 113 Å². The molecule has 0 aliphatic carbocycles. The fraction of sp³-hybridized carbons (Fsp3) is 0. The molecule has 0 saturated heterocycles. The van der Waals surface area contributed by atoms with Gasteiger partial charge in [0, 0.05) is 32.1 Å². The molecule has 2 aliphatic heterocycles. The predicted molar refractivity (Wildman–Crippen MR) is 249 cm³/mol. The van der Waals surface area contributed by atoms with Gasteiger partial charge in [-0.3, -0.25) is 0 Å². The summed E-state index contributed by atoms with van der Waals surface area (Å²) in [6, 6.07) is 69.8. The van der Waals surface area contributed by atoms with Gasteiger partial charge in [-0.1, -0.05) is 133 Å². The SMILES string of the molecule is c1ccc(N2c3cccc4c3B(c3c2sc2ccccc32)c2c(sc3ccccc23)N4c2ccc(-c3ccc4c5ccccc5c5ccccc5c4c3)cc2)cc1. The van der Waals surface area contributed by atoms with E-state index in [1.807, 2.05) is 22.7 Å². The van der Waals surface area contributed by atoms with Gasteiger partial charge in [0.05, 0.1) is 10.0 Å². The summed E-state index contributed by atoms with van der Waals surface area (Å²) < 4.78 is 2.65. The number of nitrogens with zero attached hydrogens (tertiary/aromatic N) is 2. The van der Waals surface area contributed by atoms with Crippen molar-refractivity contribution in [3.05, 3.63) is 188 Å². The van der Waals surface area contributed by atoms with Crippen molar-refractivity contribution in [2.45, 2.75) is 0 Å². The first-order valence-electron chi connectivity index (χ1n) is 19.5. The Kier molecular flexibility index (Phi) is 6.60. The highest BCUT2D eigenvalue weighted by Gasteiger charge is 2.46. The molecule has 0 N–H and O–H groups in total. The molecule has 0 atom stereocenters. The predicted octanol–water partition coefficient (Wildman–Crippen LogP) is 13.3. The lowest BCUT2D eigenvalue weighted by Crippen LogP contribution is -2.60. The van der Waals surface area contributed by atoms with E-state index in [4.69, 9.17) is 0 Å². The molecule has 0 amide bonds. The average molecular weight is 759 g/mol. The van der Waals surface area contributed by atoms with E-state index in [1.54, 1.807) is 0 Å². The van der Waals surface area contributed by atoms with Crippen molar-refractivity contribution < 1.29 is 0 Å². The fourth-order valence-electron chi connectivity index (χ4n) is 9.85. The first-order valence-corrected chi connectivity index (χ1v) is 21.2. The smallest absolute Gasteiger partial charge is 0.256 e. The van der Waals surface area contributed by atoms with E-state index in [0.29, 0.717) is 0 Å². The molecule has 13 rings (SSSR count). The third-order valence-corrected chi connectivity index (χ3v) is 14.6. The molecule has 5 heteroatoms. The molecule has 264 valence electrons. The summed E-state index contributed by atoms with van der Waals surface area (Å²) in [7, 11) is 0. The van der Waals surface area contributed by atoms with E-state index in [9.17, 15) is 0 Å². The zero-order valence-corrected chi connectivity index (χ0v) is 32.3. The van der Waals surface area contributed by atoms with Gasteiger partial charge >= 0.3 is 0 Å². The zero-order chi connectivity index (χ0) is 37.2. The Labute approximate surface area is 338 Å². The average Bonchev–Trinajstić information content (AvgIpc) is 3.86. The molecule has 9 aromatic carbocycles. The largest absolute Gasteiger partial charge is 0.303 e. The van der Waals surface area contributed by atoms with Crippen molar-refractivity contribution in [2.24, 2.45) is 0 Å². The van der Waals surface area contributed by atoms with E-state index < -0.39 is 0 Å². The summed E-state index contributed by atoms with van der Waals surface area (Å²) in [5.74, 6) is 0. The Morgan fingerprint density at radius 3 is 1.32 bits per heavy atom. The number of fused-ring (bicyclic) bond motifs is 14. The van der Waals surface area contributed by atoms with Crippen LogP contribution in [0.3, 0.4) is 0 Å². The molecule has 0 unspecified atom stereocenters. The van der Waals surface area contributed by atoms with Crippen molar-refractivity contribution in [3.8, 4) is 11.1 Å². The quantitative estimate of drug-likeness (QED) is 0.131. The summed E-state index contributed by atoms with van der Waals surface area (Å²) >= 11 is 3.83. The van der Waals surface area contributed by atoms with Crippen molar-refractivity contribution in [3.63, 3.8) is 0 Å². The van der Waals surface area contributed by atoms with E-state index >= 15 is 0 Å². The molecule has 0 saturated carbocycles. The molecule has 57 heavy (non-hydrogen) atoms. The lowest BCUT2D eigenvalue weighted by molar-refractivity contribution is 1.29. The summed E-state index contributed by atoms with van der Waals surface area (Å²) in [5.41, 5.74) is 11.5. The van der Waals surface area contributed by atoms with Crippen molar-refractivity contribution in [1.29, 1.82) is 0 Å². The molecular weight excluding hydrogens is 728 g/mol. The van der Waals surface area contributed by atoms with Gasteiger partial charge in [0.25, 0.3) is 6.71 Å². The van der Waals surface area contributed by atoms with Gasteiger partial charge in [-0.25, -0.2) is 0 Å². The van der Waals surface area contributed by atoms with Gasteiger partial charge in [-0.2, -0.15) is 0 Å². The number of anilines is 6. The second-order valence-corrected chi connectivity index (χ2v) is 17.2. The second-order valence-electron chi connectivity index (χ2n) is 15.2. The summed E-state index contributed by atoms with van der Waals surface area (Å²) in [6.45, 7) is 0.104. The normalized spacial score (nSPS) is 13.2. The maximum atomic E-state index is 2.54. The highest BCUT2D eigenvalue weighted by molar-refractivity contribution is 7.29. The molecule has 0 spiro atoms. The third-order valence-electron chi connectivity index (χ3n) is 12.3. The summed E-state index contributed by atoms with van der Waals surface area (Å²) in [6.07, 6.45) is 0. The van der Waals surface area contributed by atoms with Crippen LogP contribution in [-0.2, 0) is 0 Å².